The van der Waals surface area contributed by atoms with Crippen molar-refractivity contribution in [3.8, 4) is 0 Å². The second-order valence-electron chi connectivity index (χ2n) is 5.58. The van der Waals surface area contributed by atoms with E-state index in [9.17, 15) is 17.6 Å². The number of benzene rings is 2. The average Bonchev–Trinajstić information content (AvgIpc) is 2.67. The fraction of sp³-hybridized carbons (Fsp3) is 0. The third kappa shape index (κ3) is 5.48. The van der Waals surface area contributed by atoms with Gasteiger partial charge in [-0.25, -0.2) is 17.6 Å². The summed E-state index contributed by atoms with van der Waals surface area (Å²) >= 11 is 0. The standard InChI is InChI=1S/C18H13F4N7/c19-12-3-1-10(5-14(12)21)8-24-28-16-7-17(27-18(23)26-16)29-25-9-11-2-4-13(20)15(22)6-11/h1-9H,(H4,23,26,27,28,29). The second-order valence-corrected chi connectivity index (χ2v) is 5.58. The largest absolute Gasteiger partial charge is 0.368 e. The Hall–Kier alpha value is -4.02. The van der Waals surface area contributed by atoms with E-state index in [4.69, 9.17) is 5.73 Å². The Bertz CT molecular complexity index is 1000. The highest BCUT2D eigenvalue weighted by Crippen LogP contribution is 2.13. The zero-order chi connectivity index (χ0) is 20.8. The van der Waals surface area contributed by atoms with Crippen LogP contribution in [0.2, 0.25) is 0 Å². The lowest BCUT2D eigenvalue weighted by Crippen LogP contribution is -2.03. The first kappa shape index (κ1) is 19.7. The Balaban J connectivity index is 1.65. The molecule has 0 fully saturated rings. The zero-order valence-electron chi connectivity index (χ0n) is 14.6. The summed E-state index contributed by atoms with van der Waals surface area (Å²) in [6.45, 7) is 0. The topological polar surface area (TPSA) is 101 Å². The Morgan fingerprint density at radius 2 is 1.14 bits per heavy atom. The van der Waals surface area contributed by atoms with Gasteiger partial charge in [0.05, 0.1) is 12.4 Å². The monoisotopic (exact) mass is 403 g/mol. The molecule has 0 aliphatic carbocycles. The van der Waals surface area contributed by atoms with Gasteiger partial charge in [0.1, 0.15) is 0 Å². The van der Waals surface area contributed by atoms with E-state index in [0.717, 1.165) is 24.3 Å². The van der Waals surface area contributed by atoms with Gasteiger partial charge in [0.15, 0.2) is 34.9 Å². The predicted molar refractivity (Wildman–Crippen MR) is 102 cm³/mol. The number of nitrogens with zero attached hydrogens (tertiary/aromatic N) is 4. The highest BCUT2D eigenvalue weighted by molar-refractivity contribution is 5.80. The number of hydrogen-bond donors (Lipinski definition) is 3. The van der Waals surface area contributed by atoms with Crippen LogP contribution in [0.15, 0.2) is 52.7 Å². The molecule has 4 N–H and O–H groups in total. The molecule has 0 aliphatic heterocycles. The van der Waals surface area contributed by atoms with Crippen molar-refractivity contribution in [1.82, 2.24) is 9.97 Å². The Labute approximate surface area is 162 Å². The van der Waals surface area contributed by atoms with Crippen LogP contribution in [0.4, 0.5) is 35.1 Å². The average molecular weight is 403 g/mol. The first-order chi connectivity index (χ1) is 13.9. The summed E-state index contributed by atoms with van der Waals surface area (Å²) in [6.07, 6.45) is 2.52. The van der Waals surface area contributed by atoms with Crippen LogP contribution >= 0.6 is 0 Å². The summed E-state index contributed by atoms with van der Waals surface area (Å²) in [5.74, 6) is -3.61. The van der Waals surface area contributed by atoms with Gasteiger partial charge in [0, 0.05) is 6.07 Å². The molecule has 3 rings (SSSR count). The van der Waals surface area contributed by atoms with Gasteiger partial charge in [-0.3, -0.25) is 10.9 Å². The maximum Gasteiger partial charge on any atom is 0.224 e. The molecule has 0 saturated heterocycles. The molecule has 1 heterocycles. The number of halogens is 4. The number of nitrogens with two attached hydrogens (primary N) is 1. The van der Waals surface area contributed by atoms with Crippen molar-refractivity contribution < 1.29 is 17.6 Å². The highest BCUT2D eigenvalue weighted by Gasteiger charge is 2.03. The van der Waals surface area contributed by atoms with E-state index in [2.05, 4.69) is 31.0 Å². The van der Waals surface area contributed by atoms with E-state index >= 15 is 0 Å². The normalized spacial score (nSPS) is 11.3. The van der Waals surface area contributed by atoms with Crippen molar-refractivity contribution in [2.45, 2.75) is 0 Å². The Kier molecular flexibility index (Phi) is 5.97. The van der Waals surface area contributed by atoms with Crippen LogP contribution in [0, 0.1) is 23.3 Å². The summed E-state index contributed by atoms with van der Waals surface area (Å²) in [6, 6.07) is 8.03. The minimum absolute atomic E-state index is 0.0939. The van der Waals surface area contributed by atoms with E-state index in [1.807, 2.05) is 0 Å². The lowest BCUT2D eigenvalue weighted by atomic mass is 10.2. The molecule has 29 heavy (non-hydrogen) atoms. The van der Waals surface area contributed by atoms with Gasteiger partial charge in [0.25, 0.3) is 0 Å². The molecular weight excluding hydrogens is 390 g/mol. The first-order valence-electron chi connectivity index (χ1n) is 8.03. The lowest BCUT2D eigenvalue weighted by Gasteiger charge is -2.04. The predicted octanol–water partition coefficient (Wildman–Crippen LogP) is 3.51. The maximum atomic E-state index is 13.2. The van der Waals surface area contributed by atoms with E-state index in [1.54, 1.807) is 0 Å². The fourth-order valence-electron chi connectivity index (χ4n) is 2.11. The quantitative estimate of drug-likeness (QED) is 0.332. The number of aromatic nitrogens is 2. The molecule has 0 saturated carbocycles. The number of rotatable bonds is 6. The lowest BCUT2D eigenvalue weighted by molar-refractivity contribution is 0.508. The molecule has 0 radical (unpaired) electrons. The SMILES string of the molecule is Nc1nc(NN=Cc2ccc(F)c(F)c2)cc(NN=Cc2ccc(F)c(F)c2)n1. The van der Waals surface area contributed by atoms with Gasteiger partial charge < -0.3 is 5.73 Å². The van der Waals surface area contributed by atoms with Gasteiger partial charge in [-0.1, -0.05) is 12.1 Å². The summed E-state index contributed by atoms with van der Waals surface area (Å²) in [4.78, 5) is 7.82. The van der Waals surface area contributed by atoms with Crippen molar-refractivity contribution in [3.63, 3.8) is 0 Å². The highest BCUT2D eigenvalue weighted by atomic mass is 19.2. The van der Waals surface area contributed by atoms with E-state index in [1.165, 1.54) is 30.6 Å². The summed E-state index contributed by atoms with van der Waals surface area (Å²) in [7, 11) is 0. The van der Waals surface area contributed by atoms with Crippen molar-refractivity contribution in [3.05, 3.63) is 76.9 Å². The number of hydrogen-bond acceptors (Lipinski definition) is 7. The molecule has 1 aromatic heterocycles. The van der Waals surface area contributed by atoms with Crippen LogP contribution < -0.4 is 16.6 Å². The van der Waals surface area contributed by atoms with Crippen LogP contribution in [-0.4, -0.2) is 22.4 Å². The molecule has 11 heteroatoms. The molecule has 0 spiro atoms. The molecule has 7 nitrogen and oxygen atoms in total. The van der Waals surface area contributed by atoms with Crippen molar-refractivity contribution in [2.24, 2.45) is 10.2 Å². The summed E-state index contributed by atoms with van der Waals surface area (Å²) in [5.41, 5.74) is 11.4. The van der Waals surface area contributed by atoms with E-state index in [-0.39, 0.29) is 17.6 Å². The van der Waals surface area contributed by atoms with Crippen LogP contribution in [0.5, 0.6) is 0 Å². The number of hydrazone groups is 2. The maximum absolute atomic E-state index is 13.2. The van der Waals surface area contributed by atoms with Crippen LogP contribution in [0.3, 0.4) is 0 Å². The number of anilines is 3. The molecule has 2 aromatic carbocycles. The third-order valence-electron chi connectivity index (χ3n) is 3.42. The Morgan fingerprint density at radius 1 is 0.690 bits per heavy atom. The van der Waals surface area contributed by atoms with Gasteiger partial charge in [-0.2, -0.15) is 20.2 Å². The molecular formula is C18H13F4N7. The Morgan fingerprint density at radius 3 is 1.55 bits per heavy atom. The summed E-state index contributed by atoms with van der Waals surface area (Å²) < 4.78 is 52.1. The van der Waals surface area contributed by atoms with Crippen molar-refractivity contribution in [2.75, 3.05) is 16.6 Å². The number of nitrogens with one attached hydrogen (secondary N) is 2. The van der Waals surface area contributed by atoms with Crippen molar-refractivity contribution >= 4 is 30.0 Å². The fourth-order valence-corrected chi connectivity index (χ4v) is 2.11. The van der Waals surface area contributed by atoms with Gasteiger partial charge in [-0.05, 0) is 35.4 Å². The molecule has 0 unspecified atom stereocenters. The zero-order valence-corrected chi connectivity index (χ0v) is 14.6. The van der Waals surface area contributed by atoms with Crippen LogP contribution in [-0.2, 0) is 0 Å². The van der Waals surface area contributed by atoms with Gasteiger partial charge in [-0.15, -0.1) is 0 Å². The molecule has 0 bridgehead atoms. The molecule has 0 aliphatic rings. The van der Waals surface area contributed by atoms with Crippen LogP contribution in [0.1, 0.15) is 11.1 Å². The number of nitrogen functional groups attached to an aromatic ring is 1. The molecule has 148 valence electrons. The second kappa shape index (κ2) is 8.78. The molecule has 0 amide bonds. The van der Waals surface area contributed by atoms with E-state index < -0.39 is 23.3 Å². The van der Waals surface area contributed by atoms with Gasteiger partial charge >= 0.3 is 0 Å². The minimum Gasteiger partial charge on any atom is -0.368 e. The smallest absolute Gasteiger partial charge is 0.224 e. The summed E-state index contributed by atoms with van der Waals surface area (Å²) in [5, 5.41) is 7.71. The molecule has 0 atom stereocenters. The van der Waals surface area contributed by atoms with Crippen LogP contribution in [0.25, 0.3) is 0 Å². The minimum atomic E-state index is -0.995. The van der Waals surface area contributed by atoms with Gasteiger partial charge in [0.2, 0.25) is 5.95 Å². The van der Waals surface area contributed by atoms with Crippen molar-refractivity contribution in [1.29, 1.82) is 0 Å². The molecule has 3 aromatic rings. The third-order valence-corrected chi connectivity index (χ3v) is 3.42. The first-order valence-corrected chi connectivity index (χ1v) is 8.03. The van der Waals surface area contributed by atoms with E-state index in [0.29, 0.717) is 11.1 Å².